The normalized spacial score (nSPS) is 23.8. The number of anilines is 1. The van der Waals surface area contributed by atoms with E-state index in [4.69, 9.17) is 9.47 Å². The Bertz CT molecular complexity index is 1430. The van der Waals surface area contributed by atoms with E-state index in [1.807, 2.05) is 23.6 Å². The van der Waals surface area contributed by atoms with Crippen molar-refractivity contribution in [3.63, 3.8) is 0 Å². The van der Waals surface area contributed by atoms with Gasteiger partial charge in [-0.3, -0.25) is 19.3 Å². The third-order valence-corrected chi connectivity index (χ3v) is 9.39. The molecule has 3 aliphatic rings. The van der Waals surface area contributed by atoms with Crippen molar-refractivity contribution in [2.45, 2.75) is 62.9 Å². The topological polar surface area (TPSA) is 100 Å². The van der Waals surface area contributed by atoms with Crippen LogP contribution < -0.4 is 15.4 Å². The summed E-state index contributed by atoms with van der Waals surface area (Å²) in [6.45, 7) is 2.97. The van der Waals surface area contributed by atoms with E-state index in [9.17, 15) is 14.4 Å². The Morgan fingerprint density at radius 1 is 1.02 bits per heavy atom. The van der Waals surface area contributed by atoms with Crippen LogP contribution in [0.3, 0.4) is 0 Å². The third kappa shape index (κ3) is 7.26. The lowest BCUT2D eigenvalue weighted by Gasteiger charge is -2.42. The molecule has 3 amide bonds. The summed E-state index contributed by atoms with van der Waals surface area (Å²) in [5.41, 5.74) is 2.25. The zero-order chi connectivity index (χ0) is 29.8. The van der Waals surface area contributed by atoms with Crippen LogP contribution in [0.4, 0.5) is 5.69 Å². The maximum Gasteiger partial charge on any atom is 0.257 e. The smallest absolute Gasteiger partial charge is 0.257 e. The zero-order valence-electron chi connectivity index (χ0n) is 24.4. The molecule has 1 aromatic heterocycles. The van der Waals surface area contributed by atoms with Gasteiger partial charge in [0.1, 0.15) is 18.5 Å². The van der Waals surface area contributed by atoms with E-state index in [-0.39, 0.29) is 55.0 Å². The molecule has 226 valence electrons. The van der Waals surface area contributed by atoms with Crippen molar-refractivity contribution in [1.29, 1.82) is 0 Å². The summed E-state index contributed by atoms with van der Waals surface area (Å²) in [6.07, 6.45) is 2.35. The minimum Gasteiger partial charge on any atom is -0.490 e. The van der Waals surface area contributed by atoms with Crippen LogP contribution in [0, 0.1) is 0 Å². The van der Waals surface area contributed by atoms with Gasteiger partial charge in [0.15, 0.2) is 0 Å². The Kier molecular flexibility index (Phi) is 9.06. The summed E-state index contributed by atoms with van der Waals surface area (Å²) in [5, 5.41) is 8.05. The van der Waals surface area contributed by atoms with Crippen LogP contribution in [-0.4, -0.2) is 78.6 Å². The van der Waals surface area contributed by atoms with Crippen molar-refractivity contribution in [1.82, 2.24) is 15.1 Å². The number of hydrogen-bond donors (Lipinski definition) is 2. The van der Waals surface area contributed by atoms with Gasteiger partial charge in [-0.15, -0.1) is 11.3 Å². The number of nitrogens with zero attached hydrogens (tertiary/aromatic N) is 2. The Morgan fingerprint density at radius 2 is 1.88 bits per heavy atom. The number of carbonyl (C=O) groups is 3. The quantitative estimate of drug-likeness (QED) is 0.403. The number of thiophene rings is 1. The molecule has 6 rings (SSSR count). The van der Waals surface area contributed by atoms with Gasteiger partial charge in [0, 0.05) is 43.3 Å². The molecule has 2 fully saturated rings. The number of likely N-dealkylation sites (N-methyl/N-ethyl adjacent to an activating group) is 1. The summed E-state index contributed by atoms with van der Waals surface area (Å²) in [7, 11) is 1.79. The lowest BCUT2D eigenvalue weighted by molar-refractivity contribution is -0.134. The van der Waals surface area contributed by atoms with E-state index in [0.29, 0.717) is 29.8 Å². The van der Waals surface area contributed by atoms with E-state index >= 15 is 0 Å². The van der Waals surface area contributed by atoms with Crippen LogP contribution in [0.25, 0.3) is 0 Å². The number of benzene rings is 2. The number of hydrogen-bond acceptors (Lipinski definition) is 7. The first-order valence-corrected chi connectivity index (χ1v) is 15.9. The molecular weight excluding hydrogens is 564 g/mol. The number of rotatable bonds is 8. The molecule has 3 aliphatic heterocycles. The fraction of sp³-hybridized carbons (Fsp3) is 0.424. The summed E-state index contributed by atoms with van der Waals surface area (Å²) >= 11 is 1.53. The molecule has 2 N–H and O–H groups in total. The fourth-order valence-corrected chi connectivity index (χ4v) is 7.01. The second-order valence-electron chi connectivity index (χ2n) is 11.7. The van der Waals surface area contributed by atoms with Crippen LogP contribution in [0.2, 0.25) is 0 Å². The number of likely N-dealkylation sites (tertiary alicyclic amines) is 1. The molecule has 0 saturated carbocycles. The maximum absolute atomic E-state index is 13.5. The first-order chi connectivity index (χ1) is 20.9. The number of ether oxygens (including phenoxy) is 2. The van der Waals surface area contributed by atoms with E-state index < -0.39 is 0 Å². The lowest BCUT2D eigenvalue weighted by atomic mass is 9.94. The highest BCUT2D eigenvalue weighted by Crippen LogP contribution is 2.32. The van der Waals surface area contributed by atoms with Gasteiger partial charge in [-0.2, -0.15) is 0 Å². The average Bonchev–Trinajstić information content (AvgIpc) is 3.67. The van der Waals surface area contributed by atoms with Crippen molar-refractivity contribution in [3.8, 4) is 5.75 Å². The maximum atomic E-state index is 13.5. The van der Waals surface area contributed by atoms with Gasteiger partial charge in [0.05, 0.1) is 30.6 Å². The van der Waals surface area contributed by atoms with E-state index in [1.54, 1.807) is 30.1 Å². The van der Waals surface area contributed by atoms with Crippen LogP contribution in [-0.2, 0) is 27.3 Å². The molecule has 9 nitrogen and oxygen atoms in total. The summed E-state index contributed by atoms with van der Waals surface area (Å²) in [5.74, 6) is 0.143. The van der Waals surface area contributed by atoms with Crippen molar-refractivity contribution in [2.75, 3.05) is 32.1 Å². The SMILES string of the molecule is CN1C(=O)c2cc(NC(=O)Cc3cccs3)ccc2OC[C@@H]2O[C@H](CC(=O)N[C@H]3CCN(Cc4ccccc4)C3)CC[C@H]21. The number of amides is 3. The molecule has 3 aromatic rings. The third-order valence-electron chi connectivity index (χ3n) is 8.51. The van der Waals surface area contributed by atoms with Crippen LogP contribution in [0.15, 0.2) is 66.0 Å². The first-order valence-electron chi connectivity index (χ1n) is 15.0. The molecule has 4 atom stereocenters. The first kappa shape index (κ1) is 29.3. The van der Waals surface area contributed by atoms with Crippen molar-refractivity contribution in [2.24, 2.45) is 0 Å². The van der Waals surface area contributed by atoms with Gasteiger partial charge < -0.3 is 25.0 Å². The summed E-state index contributed by atoms with van der Waals surface area (Å²) in [4.78, 5) is 44.1. The van der Waals surface area contributed by atoms with Gasteiger partial charge in [-0.1, -0.05) is 36.4 Å². The van der Waals surface area contributed by atoms with Crippen molar-refractivity contribution >= 4 is 34.7 Å². The largest absolute Gasteiger partial charge is 0.490 e. The molecule has 0 unspecified atom stereocenters. The van der Waals surface area contributed by atoms with E-state index in [0.717, 1.165) is 37.4 Å². The van der Waals surface area contributed by atoms with Crippen molar-refractivity contribution in [3.05, 3.63) is 82.0 Å². The Balaban J connectivity index is 1.02. The molecule has 0 spiro atoms. The number of fused-ring (bicyclic) bond motifs is 2. The molecule has 0 aliphatic carbocycles. The Morgan fingerprint density at radius 3 is 2.70 bits per heavy atom. The minimum atomic E-state index is -0.341. The molecule has 0 bridgehead atoms. The fourth-order valence-electron chi connectivity index (χ4n) is 6.31. The molecule has 10 heteroatoms. The van der Waals surface area contributed by atoms with Crippen molar-refractivity contribution < 1.29 is 23.9 Å². The van der Waals surface area contributed by atoms with Gasteiger partial charge in [0.2, 0.25) is 11.8 Å². The van der Waals surface area contributed by atoms with Crippen LogP contribution >= 0.6 is 11.3 Å². The highest BCUT2D eigenvalue weighted by Gasteiger charge is 2.39. The standard InChI is InChI=1S/C33H38N4O5S/c1-36-28-11-10-25(17-31(38)35-24-13-14-37(20-24)19-22-6-3-2-4-7-22)42-30(28)21-41-29-12-9-23(16-27(29)33(36)40)34-32(39)18-26-8-5-15-43-26/h2-9,12,15-16,24-25,28,30H,10-11,13-14,17-21H2,1H3,(H,34,39)(H,35,38)/t24-,25-,28+,30-/m0/s1. The van der Waals surface area contributed by atoms with Gasteiger partial charge in [-0.25, -0.2) is 0 Å². The van der Waals surface area contributed by atoms with Gasteiger partial charge in [0.25, 0.3) is 5.91 Å². The predicted octanol–water partition coefficient (Wildman–Crippen LogP) is 4.09. The zero-order valence-corrected chi connectivity index (χ0v) is 25.2. The van der Waals surface area contributed by atoms with Crippen LogP contribution in [0.1, 0.15) is 46.5 Å². The Labute approximate surface area is 256 Å². The second-order valence-corrected chi connectivity index (χ2v) is 12.7. The molecule has 43 heavy (non-hydrogen) atoms. The number of nitrogens with one attached hydrogen (secondary N) is 2. The van der Waals surface area contributed by atoms with E-state index in [2.05, 4.69) is 39.8 Å². The van der Waals surface area contributed by atoms with Gasteiger partial charge >= 0.3 is 0 Å². The highest BCUT2D eigenvalue weighted by atomic mass is 32.1. The molecule has 2 saturated heterocycles. The summed E-state index contributed by atoms with van der Waals surface area (Å²) < 4.78 is 12.5. The Hall–Kier alpha value is -3.73. The van der Waals surface area contributed by atoms with Crippen LogP contribution in [0.5, 0.6) is 5.75 Å². The lowest BCUT2D eigenvalue weighted by Crippen LogP contribution is -2.54. The van der Waals surface area contributed by atoms with Gasteiger partial charge in [-0.05, 0) is 54.5 Å². The summed E-state index contributed by atoms with van der Waals surface area (Å²) in [6, 6.07) is 19.4. The molecule has 2 aromatic carbocycles. The molecular formula is C33H38N4O5S. The average molecular weight is 603 g/mol. The number of carbonyl (C=O) groups excluding carboxylic acids is 3. The molecule has 4 heterocycles. The monoisotopic (exact) mass is 602 g/mol. The van der Waals surface area contributed by atoms with E-state index in [1.165, 1.54) is 16.9 Å². The second kappa shape index (κ2) is 13.3. The minimum absolute atomic E-state index is 0.00482. The predicted molar refractivity (Wildman–Crippen MR) is 165 cm³/mol. The highest BCUT2D eigenvalue weighted by molar-refractivity contribution is 7.10. The molecule has 0 radical (unpaired) electrons.